The molecule has 2 atom stereocenters. The fourth-order valence-corrected chi connectivity index (χ4v) is 1.68. The molecule has 2 unspecified atom stereocenters. The van der Waals surface area contributed by atoms with Gasteiger partial charge in [-0.15, -0.1) is 0 Å². The summed E-state index contributed by atoms with van der Waals surface area (Å²) < 4.78 is 5.17. The number of carbonyl (C=O) groups excluding carboxylic acids is 1. The number of anilines is 1. The minimum Gasteiger partial charge on any atom is -0.481 e. The number of pyridine rings is 1. The molecule has 96 valence electrons. The van der Waals surface area contributed by atoms with Crippen LogP contribution in [0.15, 0.2) is 18.3 Å². The monoisotopic (exact) mass is 250 g/mol. The maximum absolute atomic E-state index is 11.7. The third-order valence-electron chi connectivity index (χ3n) is 2.74. The Kier molecular flexibility index (Phi) is 3.45. The summed E-state index contributed by atoms with van der Waals surface area (Å²) in [6, 6.07) is 3.33. The van der Waals surface area contributed by atoms with Gasteiger partial charge in [-0.3, -0.25) is 9.59 Å². The maximum Gasteiger partial charge on any atom is 0.307 e. The number of ether oxygens (including phenoxy) is 1. The highest BCUT2D eigenvalue weighted by molar-refractivity contribution is 5.98. The molecule has 2 N–H and O–H groups in total. The Morgan fingerprint density at radius 3 is 2.78 bits per heavy atom. The normalized spacial score (nSPS) is 21.2. The van der Waals surface area contributed by atoms with E-state index in [9.17, 15) is 9.59 Å². The Morgan fingerprint density at radius 2 is 2.28 bits per heavy atom. The highest BCUT2D eigenvalue weighted by atomic mass is 16.5. The van der Waals surface area contributed by atoms with E-state index in [1.165, 1.54) is 6.20 Å². The Bertz CT molecular complexity index is 458. The van der Waals surface area contributed by atoms with Gasteiger partial charge in [0, 0.05) is 6.07 Å². The van der Waals surface area contributed by atoms with Crippen molar-refractivity contribution in [1.82, 2.24) is 4.98 Å². The smallest absolute Gasteiger partial charge is 0.307 e. The second-order valence-electron chi connectivity index (χ2n) is 4.09. The summed E-state index contributed by atoms with van der Waals surface area (Å²) in [5.74, 6) is -1.66. The lowest BCUT2D eigenvalue weighted by molar-refractivity contribution is -0.139. The Labute approximate surface area is 104 Å². The highest BCUT2D eigenvalue weighted by Gasteiger charge is 2.48. The fourth-order valence-electron chi connectivity index (χ4n) is 1.68. The predicted octanol–water partition coefficient (Wildman–Crippen LogP) is 1.14. The minimum absolute atomic E-state index is 0.270. The molecule has 6 heteroatoms. The molecule has 1 amide bonds. The summed E-state index contributed by atoms with van der Waals surface area (Å²) >= 11 is 0. The van der Waals surface area contributed by atoms with Gasteiger partial charge in [0.15, 0.2) is 0 Å². The number of hydrogen-bond donors (Lipinski definition) is 2. The number of amides is 1. The molecule has 1 fully saturated rings. The van der Waals surface area contributed by atoms with Gasteiger partial charge in [0.1, 0.15) is 0 Å². The van der Waals surface area contributed by atoms with Gasteiger partial charge in [0.2, 0.25) is 11.8 Å². The molecule has 1 saturated carbocycles. The minimum atomic E-state index is -0.917. The quantitative estimate of drug-likeness (QED) is 0.818. The van der Waals surface area contributed by atoms with Crippen molar-refractivity contribution in [2.24, 2.45) is 11.8 Å². The molecule has 2 rings (SSSR count). The molecular formula is C12H14N2O4. The van der Waals surface area contributed by atoms with Crippen LogP contribution in [0.1, 0.15) is 13.3 Å². The van der Waals surface area contributed by atoms with Crippen molar-refractivity contribution in [3.8, 4) is 5.88 Å². The van der Waals surface area contributed by atoms with Gasteiger partial charge in [0.05, 0.1) is 30.3 Å². The average molecular weight is 250 g/mol. The zero-order valence-corrected chi connectivity index (χ0v) is 9.92. The SMILES string of the molecule is CCOc1ccc(NC(=O)C2CC2C(=O)O)cn1. The Hall–Kier alpha value is -2.11. The maximum atomic E-state index is 11.7. The summed E-state index contributed by atoms with van der Waals surface area (Å²) in [6.07, 6.45) is 1.90. The van der Waals surface area contributed by atoms with Crippen molar-refractivity contribution >= 4 is 17.6 Å². The number of hydrogen-bond acceptors (Lipinski definition) is 4. The molecule has 1 aliphatic carbocycles. The molecule has 1 aliphatic rings. The lowest BCUT2D eigenvalue weighted by atomic mass is 10.3. The van der Waals surface area contributed by atoms with E-state index in [0.29, 0.717) is 24.6 Å². The van der Waals surface area contributed by atoms with Crippen molar-refractivity contribution in [3.63, 3.8) is 0 Å². The molecule has 1 aromatic heterocycles. The molecule has 1 aromatic rings. The largest absolute Gasteiger partial charge is 0.481 e. The van der Waals surface area contributed by atoms with E-state index in [2.05, 4.69) is 10.3 Å². The topological polar surface area (TPSA) is 88.5 Å². The first-order valence-electron chi connectivity index (χ1n) is 5.74. The third-order valence-corrected chi connectivity index (χ3v) is 2.74. The van der Waals surface area contributed by atoms with Gasteiger partial charge >= 0.3 is 5.97 Å². The molecule has 0 bridgehead atoms. The van der Waals surface area contributed by atoms with Crippen molar-refractivity contribution in [2.45, 2.75) is 13.3 Å². The first-order valence-corrected chi connectivity index (χ1v) is 5.74. The van der Waals surface area contributed by atoms with Gasteiger partial charge in [0.25, 0.3) is 0 Å². The van der Waals surface area contributed by atoms with Crippen LogP contribution in [0.5, 0.6) is 5.88 Å². The van der Waals surface area contributed by atoms with Crippen molar-refractivity contribution < 1.29 is 19.4 Å². The van der Waals surface area contributed by atoms with Crippen molar-refractivity contribution in [2.75, 3.05) is 11.9 Å². The summed E-state index contributed by atoms with van der Waals surface area (Å²) in [6.45, 7) is 2.39. The molecule has 0 spiro atoms. The van der Waals surface area contributed by atoms with Crippen LogP contribution >= 0.6 is 0 Å². The molecule has 6 nitrogen and oxygen atoms in total. The van der Waals surface area contributed by atoms with Crippen LogP contribution in [0.25, 0.3) is 0 Å². The summed E-state index contributed by atoms with van der Waals surface area (Å²) in [5, 5.41) is 11.4. The fraction of sp³-hybridized carbons (Fsp3) is 0.417. The lowest BCUT2D eigenvalue weighted by Crippen LogP contribution is -2.16. The predicted molar refractivity (Wildman–Crippen MR) is 63.3 cm³/mol. The Balaban J connectivity index is 1.90. The number of rotatable bonds is 5. The van der Waals surface area contributed by atoms with E-state index in [0.717, 1.165) is 0 Å². The van der Waals surface area contributed by atoms with E-state index >= 15 is 0 Å². The summed E-state index contributed by atoms with van der Waals surface area (Å²) in [4.78, 5) is 26.3. The number of carboxylic acid groups (broad SMARTS) is 1. The van der Waals surface area contributed by atoms with Crippen molar-refractivity contribution in [3.05, 3.63) is 18.3 Å². The van der Waals surface area contributed by atoms with Crippen LogP contribution in [0.4, 0.5) is 5.69 Å². The first-order chi connectivity index (χ1) is 8.61. The average Bonchev–Trinajstić information content (AvgIpc) is 3.12. The standard InChI is InChI=1S/C12H14N2O4/c1-2-18-10-4-3-7(6-13-10)14-11(15)8-5-9(8)12(16)17/h3-4,6,8-9H,2,5H2,1H3,(H,14,15)(H,16,17). The molecule has 18 heavy (non-hydrogen) atoms. The van der Waals surface area contributed by atoms with Crippen LogP contribution in [0, 0.1) is 11.8 Å². The Morgan fingerprint density at radius 1 is 1.50 bits per heavy atom. The van der Waals surface area contributed by atoms with Gasteiger partial charge in [-0.25, -0.2) is 4.98 Å². The summed E-state index contributed by atoms with van der Waals surface area (Å²) in [7, 11) is 0. The van der Waals surface area contributed by atoms with Gasteiger partial charge in [-0.1, -0.05) is 0 Å². The van der Waals surface area contributed by atoms with Gasteiger partial charge in [-0.2, -0.15) is 0 Å². The van der Waals surface area contributed by atoms with E-state index in [-0.39, 0.29) is 5.91 Å². The highest BCUT2D eigenvalue weighted by Crippen LogP contribution is 2.39. The molecule has 1 heterocycles. The third kappa shape index (κ3) is 2.77. The molecule has 0 aromatic carbocycles. The molecule has 0 saturated heterocycles. The van der Waals surface area contributed by atoms with Crippen LogP contribution in [-0.4, -0.2) is 28.6 Å². The second kappa shape index (κ2) is 5.03. The molecule has 0 aliphatic heterocycles. The second-order valence-corrected chi connectivity index (χ2v) is 4.09. The van der Waals surface area contributed by atoms with E-state index < -0.39 is 17.8 Å². The molecular weight excluding hydrogens is 236 g/mol. The summed E-state index contributed by atoms with van der Waals surface area (Å²) in [5.41, 5.74) is 0.541. The number of aliphatic carboxylic acids is 1. The van der Waals surface area contributed by atoms with Crippen LogP contribution < -0.4 is 10.1 Å². The van der Waals surface area contributed by atoms with E-state index in [1.54, 1.807) is 12.1 Å². The van der Waals surface area contributed by atoms with Crippen LogP contribution in [0.3, 0.4) is 0 Å². The number of carboxylic acids is 1. The van der Waals surface area contributed by atoms with Crippen LogP contribution in [-0.2, 0) is 9.59 Å². The van der Waals surface area contributed by atoms with E-state index in [1.807, 2.05) is 6.92 Å². The number of nitrogens with zero attached hydrogens (tertiary/aromatic N) is 1. The van der Waals surface area contributed by atoms with Crippen molar-refractivity contribution in [1.29, 1.82) is 0 Å². The number of aromatic nitrogens is 1. The van der Waals surface area contributed by atoms with Crippen LogP contribution in [0.2, 0.25) is 0 Å². The first kappa shape index (κ1) is 12.3. The molecule has 0 radical (unpaired) electrons. The number of carbonyl (C=O) groups is 2. The van der Waals surface area contributed by atoms with E-state index in [4.69, 9.17) is 9.84 Å². The zero-order chi connectivity index (χ0) is 13.1. The van der Waals surface area contributed by atoms with Gasteiger partial charge in [-0.05, 0) is 19.4 Å². The number of nitrogens with one attached hydrogen (secondary N) is 1. The lowest BCUT2D eigenvalue weighted by Gasteiger charge is -2.05. The zero-order valence-electron chi connectivity index (χ0n) is 9.92. The van der Waals surface area contributed by atoms with Gasteiger partial charge < -0.3 is 15.2 Å².